The molecule has 128 valence electrons. The quantitative estimate of drug-likeness (QED) is 0.730. The molecule has 0 saturated heterocycles. The molecule has 0 radical (unpaired) electrons. The Bertz CT molecular complexity index is 765. The average Bonchev–Trinajstić information content (AvgIpc) is 2.64. The number of aliphatic hydroxyl groups excluding tert-OH is 1. The molecule has 3 aromatic carbocycles. The molecule has 0 aromatic heterocycles. The maximum Gasteiger partial charge on any atom is 0.335 e. The van der Waals surface area contributed by atoms with Crippen LogP contribution in [0.15, 0.2) is 84.9 Å². The zero-order chi connectivity index (χ0) is 18.1. The Kier molecular flexibility index (Phi) is 6.93. The fourth-order valence-corrected chi connectivity index (χ4v) is 2.33. The fraction of sp³-hybridized carbons (Fsp3) is 0.136. The minimum Gasteiger partial charge on any atom is -0.478 e. The van der Waals surface area contributed by atoms with Crippen LogP contribution in [0.3, 0.4) is 0 Å². The molecule has 3 nitrogen and oxygen atoms in total. The van der Waals surface area contributed by atoms with Crippen molar-refractivity contribution in [2.24, 2.45) is 0 Å². The number of aryl methyl sites for hydroxylation is 1. The van der Waals surface area contributed by atoms with E-state index in [2.05, 4.69) is 0 Å². The van der Waals surface area contributed by atoms with E-state index in [1.165, 1.54) is 0 Å². The first-order valence-corrected chi connectivity index (χ1v) is 8.13. The smallest absolute Gasteiger partial charge is 0.335 e. The molecule has 0 saturated carbocycles. The zero-order valence-corrected chi connectivity index (χ0v) is 14.2. The third-order valence-electron chi connectivity index (χ3n) is 3.75. The van der Waals surface area contributed by atoms with Gasteiger partial charge in [-0.25, -0.2) is 4.79 Å². The lowest BCUT2D eigenvalue weighted by molar-refractivity contribution is 0.0697. The molecule has 0 amide bonds. The number of benzene rings is 3. The van der Waals surface area contributed by atoms with Crippen LogP contribution in [-0.2, 0) is 6.42 Å². The van der Waals surface area contributed by atoms with Crippen molar-refractivity contribution >= 4 is 5.97 Å². The van der Waals surface area contributed by atoms with Gasteiger partial charge >= 0.3 is 5.97 Å². The van der Waals surface area contributed by atoms with E-state index in [9.17, 15) is 9.90 Å². The molecule has 0 aliphatic heterocycles. The summed E-state index contributed by atoms with van der Waals surface area (Å²) in [6.07, 6.45) is 0.263. The molecule has 0 aliphatic rings. The minimum absolute atomic E-state index is 0.339. The highest BCUT2D eigenvalue weighted by Gasteiger charge is 2.06. The van der Waals surface area contributed by atoms with Crippen molar-refractivity contribution < 1.29 is 15.0 Å². The van der Waals surface area contributed by atoms with Crippen molar-refractivity contribution in [2.45, 2.75) is 19.4 Å². The number of hydrogen-bond donors (Lipinski definition) is 2. The van der Waals surface area contributed by atoms with E-state index in [1.807, 2.05) is 67.6 Å². The van der Waals surface area contributed by atoms with Gasteiger partial charge in [0.1, 0.15) is 0 Å². The Morgan fingerprint density at radius 2 is 1.36 bits per heavy atom. The number of carboxylic acids is 1. The number of aromatic carboxylic acids is 1. The molecule has 3 rings (SSSR count). The van der Waals surface area contributed by atoms with Crippen LogP contribution in [-0.4, -0.2) is 16.2 Å². The van der Waals surface area contributed by atoms with Crippen molar-refractivity contribution in [3.8, 4) is 0 Å². The summed E-state index contributed by atoms with van der Waals surface area (Å²) in [6, 6.07) is 26.5. The van der Waals surface area contributed by atoms with Gasteiger partial charge in [-0.15, -0.1) is 0 Å². The maximum atomic E-state index is 10.3. The zero-order valence-electron chi connectivity index (χ0n) is 14.2. The van der Waals surface area contributed by atoms with Crippen LogP contribution in [0.2, 0.25) is 0 Å². The van der Waals surface area contributed by atoms with Crippen molar-refractivity contribution in [2.75, 3.05) is 0 Å². The molecule has 0 aliphatic carbocycles. The predicted octanol–water partition coefficient (Wildman–Crippen LogP) is 4.66. The third-order valence-corrected chi connectivity index (χ3v) is 3.75. The number of carbonyl (C=O) groups is 1. The van der Waals surface area contributed by atoms with Crippen LogP contribution in [0.4, 0.5) is 0 Å². The first-order valence-electron chi connectivity index (χ1n) is 8.13. The SMILES string of the molecule is Cc1ccc(C(=O)O)cc1.OC(Cc1ccccc1)c1ccccc1. The average molecular weight is 334 g/mol. The lowest BCUT2D eigenvalue weighted by Gasteiger charge is -2.10. The van der Waals surface area contributed by atoms with E-state index >= 15 is 0 Å². The monoisotopic (exact) mass is 334 g/mol. The van der Waals surface area contributed by atoms with Gasteiger partial charge in [0, 0.05) is 6.42 Å². The second-order valence-electron chi connectivity index (χ2n) is 5.79. The standard InChI is InChI=1S/C14H14O.C8H8O2/c15-14(13-9-5-2-6-10-13)11-12-7-3-1-4-8-12;1-6-2-4-7(5-3-6)8(9)10/h1-10,14-15H,11H2;2-5H,1H3,(H,9,10). The Labute approximate surface area is 148 Å². The van der Waals surface area contributed by atoms with Gasteiger partial charge in [0.25, 0.3) is 0 Å². The molecule has 25 heavy (non-hydrogen) atoms. The summed E-state index contributed by atoms with van der Waals surface area (Å²) in [5.74, 6) is -0.875. The largest absolute Gasteiger partial charge is 0.478 e. The van der Waals surface area contributed by atoms with Gasteiger partial charge in [-0.1, -0.05) is 78.4 Å². The van der Waals surface area contributed by atoms with E-state index < -0.39 is 12.1 Å². The second kappa shape index (κ2) is 9.40. The normalized spacial score (nSPS) is 11.1. The third kappa shape index (κ3) is 6.24. The summed E-state index contributed by atoms with van der Waals surface area (Å²) in [5.41, 5.74) is 3.55. The van der Waals surface area contributed by atoms with E-state index in [-0.39, 0.29) is 0 Å². The van der Waals surface area contributed by atoms with Gasteiger partial charge in [-0.05, 0) is 30.2 Å². The first kappa shape index (κ1) is 18.4. The molecular formula is C22H22O3. The van der Waals surface area contributed by atoms with Crippen molar-refractivity contribution in [1.29, 1.82) is 0 Å². The molecule has 0 heterocycles. The molecule has 0 bridgehead atoms. The first-order chi connectivity index (χ1) is 12.1. The molecular weight excluding hydrogens is 312 g/mol. The van der Waals surface area contributed by atoms with Crippen LogP contribution in [0.5, 0.6) is 0 Å². The van der Waals surface area contributed by atoms with Crippen LogP contribution in [0.1, 0.15) is 33.2 Å². The maximum absolute atomic E-state index is 10.3. The lowest BCUT2D eigenvalue weighted by atomic mass is 10.0. The Morgan fingerprint density at radius 1 is 0.840 bits per heavy atom. The van der Waals surface area contributed by atoms with Crippen molar-refractivity contribution in [3.63, 3.8) is 0 Å². The van der Waals surface area contributed by atoms with Gasteiger partial charge < -0.3 is 10.2 Å². The van der Waals surface area contributed by atoms with Gasteiger partial charge in [0.05, 0.1) is 11.7 Å². The van der Waals surface area contributed by atoms with E-state index in [4.69, 9.17) is 5.11 Å². The number of carboxylic acid groups (broad SMARTS) is 1. The minimum atomic E-state index is -0.875. The predicted molar refractivity (Wildman–Crippen MR) is 99.7 cm³/mol. The van der Waals surface area contributed by atoms with Crippen molar-refractivity contribution in [1.82, 2.24) is 0 Å². The second-order valence-corrected chi connectivity index (χ2v) is 5.79. The molecule has 3 aromatic rings. The van der Waals surface area contributed by atoms with Crippen LogP contribution in [0.25, 0.3) is 0 Å². The molecule has 3 heteroatoms. The highest BCUT2D eigenvalue weighted by molar-refractivity contribution is 5.87. The Morgan fingerprint density at radius 3 is 1.88 bits per heavy atom. The van der Waals surface area contributed by atoms with Crippen LogP contribution < -0.4 is 0 Å². The summed E-state index contributed by atoms with van der Waals surface area (Å²) >= 11 is 0. The molecule has 0 fully saturated rings. The number of rotatable bonds is 4. The molecule has 1 atom stereocenters. The van der Waals surface area contributed by atoms with E-state index in [0.29, 0.717) is 12.0 Å². The fourth-order valence-electron chi connectivity index (χ4n) is 2.33. The Balaban J connectivity index is 0.000000196. The van der Waals surface area contributed by atoms with Crippen molar-refractivity contribution in [3.05, 3.63) is 107 Å². The van der Waals surface area contributed by atoms with Gasteiger partial charge in [-0.2, -0.15) is 0 Å². The lowest BCUT2D eigenvalue weighted by Crippen LogP contribution is -2.01. The summed E-state index contributed by atoms with van der Waals surface area (Å²) in [5, 5.41) is 18.4. The van der Waals surface area contributed by atoms with Gasteiger partial charge in [0.2, 0.25) is 0 Å². The molecule has 2 N–H and O–H groups in total. The summed E-state index contributed by atoms with van der Waals surface area (Å²) in [7, 11) is 0. The topological polar surface area (TPSA) is 57.5 Å². The van der Waals surface area contributed by atoms with Gasteiger partial charge in [0.15, 0.2) is 0 Å². The molecule has 0 spiro atoms. The number of hydrogen-bond acceptors (Lipinski definition) is 2. The highest BCUT2D eigenvalue weighted by Crippen LogP contribution is 2.17. The number of aliphatic hydroxyl groups is 1. The van der Waals surface area contributed by atoms with Gasteiger partial charge in [-0.3, -0.25) is 0 Å². The summed E-state index contributed by atoms with van der Waals surface area (Å²) in [4.78, 5) is 10.3. The summed E-state index contributed by atoms with van der Waals surface area (Å²) in [6.45, 7) is 1.92. The highest BCUT2D eigenvalue weighted by atomic mass is 16.4. The summed E-state index contributed by atoms with van der Waals surface area (Å²) < 4.78 is 0. The molecule has 1 unspecified atom stereocenters. The van der Waals surface area contributed by atoms with E-state index in [1.54, 1.807) is 24.3 Å². The van der Waals surface area contributed by atoms with E-state index in [0.717, 1.165) is 16.7 Å². The van der Waals surface area contributed by atoms with Crippen LogP contribution in [0, 0.1) is 6.92 Å². The van der Waals surface area contributed by atoms with Crippen LogP contribution >= 0.6 is 0 Å². The Hall–Kier alpha value is -2.91.